The van der Waals surface area contributed by atoms with Crippen molar-refractivity contribution in [3.63, 3.8) is 0 Å². The number of halogens is 1. The molecular weight excluding hydrogens is 287 g/mol. The molecule has 0 atom stereocenters. The van der Waals surface area contributed by atoms with E-state index in [0.29, 0.717) is 0 Å². The zero-order valence-electron chi connectivity index (χ0n) is 11.4. The molecule has 0 aromatic heterocycles. The Morgan fingerprint density at radius 3 is 2.50 bits per heavy atom. The molecule has 0 spiro atoms. The number of anilines is 1. The van der Waals surface area contributed by atoms with Gasteiger partial charge in [-0.15, -0.1) is 0 Å². The molecule has 6 nitrogen and oxygen atoms in total. The molecule has 1 rings (SSSR count). The molecule has 0 unspecified atom stereocenters. The molecule has 20 heavy (non-hydrogen) atoms. The van der Waals surface area contributed by atoms with Crippen molar-refractivity contribution in [3.8, 4) is 0 Å². The number of nitrogens with one attached hydrogen (secondary N) is 1. The van der Waals surface area contributed by atoms with Crippen LogP contribution in [0.5, 0.6) is 0 Å². The lowest BCUT2D eigenvalue weighted by molar-refractivity contribution is -0.125. The monoisotopic (exact) mass is 304 g/mol. The van der Waals surface area contributed by atoms with Crippen LogP contribution in [0.2, 0.25) is 0 Å². The summed E-state index contributed by atoms with van der Waals surface area (Å²) in [4.78, 5) is 11.3. The summed E-state index contributed by atoms with van der Waals surface area (Å²) in [5.74, 6) is -1.35. The first kappa shape index (κ1) is 16.5. The predicted octanol–water partition coefficient (Wildman–Crippen LogP) is 1.23. The second-order valence-corrected chi connectivity index (χ2v) is 6.70. The number of sulfonamides is 1. The van der Waals surface area contributed by atoms with E-state index in [-0.39, 0.29) is 17.2 Å². The van der Waals surface area contributed by atoms with E-state index in [2.05, 4.69) is 5.32 Å². The average molecular weight is 304 g/mol. The van der Waals surface area contributed by atoms with E-state index in [1.807, 2.05) is 0 Å². The maximum Gasteiger partial charge on any atom is 0.250 e. The summed E-state index contributed by atoms with van der Waals surface area (Å²) in [6, 6.07) is 2.89. The Morgan fingerprint density at radius 1 is 1.40 bits per heavy atom. The van der Waals surface area contributed by atoms with Gasteiger partial charge in [-0.25, -0.2) is 17.9 Å². The highest BCUT2D eigenvalue weighted by molar-refractivity contribution is 7.89. The number of amides is 1. The number of hydrogen-bond acceptors (Lipinski definition) is 4. The Kier molecular flexibility index (Phi) is 4.85. The Labute approximate surface area is 117 Å². The first-order valence-electron chi connectivity index (χ1n) is 5.75. The standard InChI is InChI=1S/C12H17FN2O4S/c1-12(2,3)19-7-11(16)15-10-6-8(20(14,17)18)4-5-9(10)13/h4-6H,7H2,1-3H3,(H,15,16)(H2,14,17,18). The third-order valence-electron chi connectivity index (χ3n) is 2.18. The zero-order chi connectivity index (χ0) is 15.6. The maximum atomic E-state index is 13.5. The summed E-state index contributed by atoms with van der Waals surface area (Å²) in [7, 11) is -3.96. The molecule has 3 N–H and O–H groups in total. The molecule has 0 heterocycles. The van der Waals surface area contributed by atoms with E-state index in [4.69, 9.17) is 9.88 Å². The van der Waals surface area contributed by atoms with Crippen LogP contribution in [-0.2, 0) is 19.6 Å². The molecule has 0 aliphatic carbocycles. The first-order valence-corrected chi connectivity index (χ1v) is 7.30. The molecule has 0 aliphatic heterocycles. The first-order chi connectivity index (χ1) is 8.99. The Bertz CT molecular complexity index is 608. The number of ether oxygens (including phenoxy) is 1. The van der Waals surface area contributed by atoms with E-state index in [1.54, 1.807) is 20.8 Å². The van der Waals surface area contributed by atoms with Gasteiger partial charge < -0.3 is 10.1 Å². The highest BCUT2D eigenvalue weighted by Crippen LogP contribution is 2.19. The predicted molar refractivity (Wildman–Crippen MR) is 72.1 cm³/mol. The van der Waals surface area contributed by atoms with Gasteiger partial charge in [0.25, 0.3) is 0 Å². The third kappa shape index (κ3) is 5.24. The molecule has 1 aromatic carbocycles. The number of hydrogen-bond donors (Lipinski definition) is 2. The fraction of sp³-hybridized carbons (Fsp3) is 0.417. The van der Waals surface area contributed by atoms with Gasteiger partial charge in [-0.05, 0) is 39.0 Å². The highest BCUT2D eigenvalue weighted by Gasteiger charge is 2.16. The van der Waals surface area contributed by atoms with E-state index in [9.17, 15) is 17.6 Å². The van der Waals surface area contributed by atoms with Gasteiger partial charge in [0.2, 0.25) is 15.9 Å². The second-order valence-electron chi connectivity index (χ2n) is 5.14. The van der Waals surface area contributed by atoms with Crippen molar-refractivity contribution in [3.05, 3.63) is 24.0 Å². The molecule has 0 fully saturated rings. The number of rotatable bonds is 4. The van der Waals surface area contributed by atoms with E-state index in [1.165, 1.54) is 0 Å². The van der Waals surface area contributed by atoms with Crippen LogP contribution in [0.3, 0.4) is 0 Å². The lowest BCUT2D eigenvalue weighted by Crippen LogP contribution is -2.27. The molecule has 1 amide bonds. The van der Waals surface area contributed by atoms with Gasteiger partial charge in [-0.1, -0.05) is 0 Å². The zero-order valence-corrected chi connectivity index (χ0v) is 12.3. The second kappa shape index (κ2) is 5.86. The van der Waals surface area contributed by atoms with Gasteiger partial charge >= 0.3 is 0 Å². The summed E-state index contributed by atoms with van der Waals surface area (Å²) in [6.07, 6.45) is 0. The number of carbonyl (C=O) groups excluding carboxylic acids is 1. The van der Waals surface area contributed by atoms with Crippen LogP contribution in [0.25, 0.3) is 0 Å². The van der Waals surface area contributed by atoms with Crippen LogP contribution >= 0.6 is 0 Å². The van der Waals surface area contributed by atoms with Gasteiger partial charge in [0.05, 0.1) is 16.2 Å². The van der Waals surface area contributed by atoms with Crippen molar-refractivity contribution >= 4 is 21.6 Å². The van der Waals surface area contributed by atoms with E-state index in [0.717, 1.165) is 18.2 Å². The lowest BCUT2D eigenvalue weighted by atomic mass is 10.2. The minimum atomic E-state index is -3.96. The van der Waals surface area contributed by atoms with Crippen molar-refractivity contribution in [2.75, 3.05) is 11.9 Å². The number of primary sulfonamides is 1. The molecule has 8 heteroatoms. The molecule has 112 valence electrons. The van der Waals surface area contributed by atoms with Gasteiger partial charge in [-0.3, -0.25) is 4.79 Å². The lowest BCUT2D eigenvalue weighted by Gasteiger charge is -2.19. The number of carbonyl (C=O) groups is 1. The van der Waals surface area contributed by atoms with Crippen molar-refractivity contribution < 1.29 is 22.3 Å². The summed E-state index contributed by atoms with van der Waals surface area (Å²) < 4.78 is 41.0. The van der Waals surface area contributed by atoms with E-state index < -0.39 is 27.3 Å². The molecule has 0 bridgehead atoms. The van der Waals surface area contributed by atoms with Crippen molar-refractivity contribution in [1.82, 2.24) is 0 Å². The highest BCUT2D eigenvalue weighted by atomic mass is 32.2. The Morgan fingerprint density at radius 2 is 2.00 bits per heavy atom. The fourth-order valence-electron chi connectivity index (χ4n) is 1.25. The minimum absolute atomic E-state index is 0.265. The Balaban J connectivity index is 2.85. The summed E-state index contributed by atoms with van der Waals surface area (Å²) in [5.41, 5.74) is -0.780. The Hall–Kier alpha value is -1.51. The fourth-order valence-corrected chi connectivity index (χ4v) is 1.79. The summed E-state index contributed by atoms with van der Waals surface area (Å²) >= 11 is 0. The smallest absolute Gasteiger partial charge is 0.250 e. The average Bonchev–Trinajstić information content (AvgIpc) is 2.27. The summed E-state index contributed by atoms with van der Waals surface area (Å²) in [5, 5.41) is 7.17. The maximum absolute atomic E-state index is 13.5. The quantitative estimate of drug-likeness (QED) is 0.874. The molecule has 1 aromatic rings. The SMILES string of the molecule is CC(C)(C)OCC(=O)Nc1cc(S(N)(=O)=O)ccc1F. The minimum Gasteiger partial charge on any atom is -0.366 e. The van der Waals surface area contributed by atoms with Crippen LogP contribution in [0.1, 0.15) is 20.8 Å². The molecule has 0 radical (unpaired) electrons. The number of benzene rings is 1. The summed E-state index contributed by atoms with van der Waals surface area (Å²) in [6.45, 7) is 5.02. The van der Waals surface area contributed by atoms with E-state index >= 15 is 0 Å². The largest absolute Gasteiger partial charge is 0.366 e. The van der Waals surface area contributed by atoms with Gasteiger partial charge in [0.15, 0.2) is 0 Å². The molecule has 0 saturated heterocycles. The van der Waals surface area contributed by atoms with Crippen LogP contribution in [0.15, 0.2) is 23.1 Å². The molecule has 0 aliphatic rings. The molecule has 0 saturated carbocycles. The van der Waals surface area contributed by atoms with Gasteiger partial charge in [0, 0.05) is 0 Å². The topological polar surface area (TPSA) is 98.5 Å². The van der Waals surface area contributed by atoms with Gasteiger partial charge in [-0.2, -0.15) is 0 Å². The van der Waals surface area contributed by atoms with Crippen LogP contribution in [-0.4, -0.2) is 26.5 Å². The van der Waals surface area contributed by atoms with Crippen molar-refractivity contribution in [2.45, 2.75) is 31.3 Å². The van der Waals surface area contributed by atoms with Crippen molar-refractivity contribution in [1.29, 1.82) is 0 Å². The van der Waals surface area contributed by atoms with Gasteiger partial charge in [0.1, 0.15) is 12.4 Å². The third-order valence-corrected chi connectivity index (χ3v) is 3.09. The van der Waals surface area contributed by atoms with Crippen molar-refractivity contribution in [2.24, 2.45) is 5.14 Å². The normalized spacial score (nSPS) is 12.2. The van der Waals surface area contributed by atoms with Crippen LogP contribution in [0, 0.1) is 5.82 Å². The van der Waals surface area contributed by atoms with Crippen LogP contribution in [0.4, 0.5) is 10.1 Å². The van der Waals surface area contributed by atoms with Crippen LogP contribution < -0.4 is 10.5 Å². The molecular formula is C12H17FN2O4S. The number of nitrogens with two attached hydrogens (primary N) is 1.